The molecule has 0 saturated heterocycles. The summed E-state index contributed by atoms with van der Waals surface area (Å²) < 4.78 is 5.78. The Bertz CT molecular complexity index is 615. The Morgan fingerprint density at radius 3 is 2.00 bits per heavy atom. The fraction of sp³-hybridized carbons (Fsp3) is 0.680. The predicted molar refractivity (Wildman–Crippen MR) is 119 cm³/mol. The van der Waals surface area contributed by atoms with Gasteiger partial charge >= 0.3 is 11.9 Å². The first-order valence-corrected chi connectivity index (χ1v) is 11.3. The number of carbonyl (C=O) groups excluding carboxylic acids is 1. The van der Waals surface area contributed by atoms with Gasteiger partial charge in [0.05, 0.1) is 11.1 Å². The highest BCUT2D eigenvalue weighted by molar-refractivity contribution is 6.02. The Morgan fingerprint density at radius 1 is 0.897 bits per heavy atom. The molecule has 4 nitrogen and oxygen atoms in total. The maximum absolute atomic E-state index is 12.7. The zero-order valence-electron chi connectivity index (χ0n) is 18.8. The lowest BCUT2D eigenvalue weighted by molar-refractivity contribution is 0.0244. The topological polar surface area (TPSA) is 63.6 Å². The number of esters is 1. The second kappa shape index (κ2) is 13.4. The van der Waals surface area contributed by atoms with Gasteiger partial charge in [-0.1, -0.05) is 78.4 Å². The van der Waals surface area contributed by atoms with Crippen molar-refractivity contribution in [1.82, 2.24) is 0 Å². The van der Waals surface area contributed by atoms with E-state index in [9.17, 15) is 14.7 Å². The van der Waals surface area contributed by atoms with Crippen LogP contribution in [-0.4, -0.2) is 23.1 Å². The van der Waals surface area contributed by atoms with Gasteiger partial charge in [0.2, 0.25) is 0 Å². The van der Waals surface area contributed by atoms with Gasteiger partial charge in [-0.3, -0.25) is 0 Å². The summed E-state index contributed by atoms with van der Waals surface area (Å²) in [4.78, 5) is 24.1. The van der Waals surface area contributed by atoms with Crippen LogP contribution in [0.5, 0.6) is 0 Å². The fourth-order valence-electron chi connectivity index (χ4n) is 3.50. The smallest absolute Gasteiger partial charge is 0.339 e. The van der Waals surface area contributed by atoms with Crippen molar-refractivity contribution in [3.63, 3.8) is 0 Å². The molecule has 1 rings (SSSR count). The lowest BCUT2D eigenvalue weighted by Crippen LogP contribution is -2.20. The van der Waals surface area contributed by atoms with Crippen LogP contribution in [0.2, 0.25) is 0 Å². The molecule has 0 spiro atoms. The number of hydrogen-bond donors (Lipinski definition) is 1. The number of carbonyl (C=O) groups is 2. The van der Waals surface area contributed by atoms with Crippen LogP contribution in [0.3, 0.4) is 0 Å². The van der Waals surface area contributed by atoms with Gasteiger partial charge in [0.1, 0.15) is 6.10 Å². The largest absolute Gasteiger partial charge is 0.478 e. The van der Waals surface area contributed by atoms with Crippen molar-refractivity contribution in [3.05, 3.63) is 35.4 Å². The highest BCUT2D eigenvalue weighted by Crippen LogP contribution is 2.24. The van der Waals surface area contributed by atoms with E-state index in [2.05, 4.69) is 27.7 Å². The quantitative estimate of drug-likeness (QED) is 0.262. The van der Waals surface area contributed by atoms with Crippen LogP contribution < -0.4 is 0 Å². The van der Waals surface area contributed by atoms with Gasteiger partial charge in [0.25, 0.3) is 0 Å². The number of carboxylic acid groups (broad SMARTS) is 1. The molecule has 1 aromatic carbocycles. The van der Waals surface area contributed by atoms with Gasteiger partial charge in [-0.25, -0.2) is 9.59 Å². The normalized spacial score (nSPS) is 12.6. The van der Waals surface area contributed by atoms with Crippen LogP contribution in [0.25, 0.3) is 0 Å². The number of rotatable bonds is 14. The zero-order chi connectivity index (χ0) is 21.7. The summed E-state index contributed by atoms with van der Waals surface area (Å²) in [5.74, 6) is -1.62. The van der Waals surface area contributed by atoms with Crippen LogP contribution in [0.1, 0.15) is 119 Å². The highest BCUT2D eigenvalue weighted by atomic mass is 16.5. The number of ether oxygens (including phenoxy) is 1. The second-order valence-electron chi connectivity index (χ2n) is 9.24. The zero-order valence-corrected chi connectivity index (χ0v) is 18.8. The molecule has 0 aromatic heterocycles. The summed E-state index contributed by atoms with van der Waals surface area (Å²) in [5.41, 5.74) is 0.499. The SMILES string of the molecule is CCCCCCCC(CCCCCC(C)(C)C)OC(=O)c1ccccc1C(=O)O. The summed E-state index contributed by atoms with van der Waals surface area (Å²) in [6.45, 7) is 8.97. The number of aromatic carboxylic acids is 1. The number of carboxylic acids is 1. The molecule has 1 aromatic rings. The van der Waals surface area contributed by atoms with E-state index in [0.717, 1.165) is 38.5 Å². The molecule has 0 aliphatic heterocycles. The average Bonchev–Trinajstić information content (AvgIpc) is 2.66. The third-order valence-electron chi connectivity index (χ3n) is 5.23. The maximum atomic E-state index is 12.7. The molecule has 4 heteroatoms. The van der Waals surface area contributed by atoms with Crippen molar-refractivity contribution in [2.24, 2.45) is 5.41 Å². The number of unbranched alkanes of at least 4 members (excludes halogenated alkanes) is 6. The minimum absolute atomic E-state index is 0.00405. The molecule has 0 heterocycles. The highest BCUT2D eigenvalue weighted by Gasteiger charge is 2.21. The second-order valence-corrected chi connectivity index (χ2v) is 9.24. The van der Waals surface area contributed by atoms with E-state index >= 15 is 0 Å². The van der Waals surface area contributed by atoms with E-state index in [1.807, 2.05) is 0 Å². The van der Waals surface area contributed by atoms with Crippen molar-refractivity contribution >= 4 is 11.9 Å². The third-order valence-corrected chi connectivity index (χ3v) is 5.23. The Labute approximate surface area is 177 Å². The molecule has 1 unspecified atom stereocenters. The average molecular weight is 405 g/mol. The van der Waals surface area contributed by atoms with Gasteiger partial charge in [-0.05, 0) is 49.7 Å². The van der Waals surface area contributed by atoms with Gasteiger partial charge in [0.15, 0.2) is 0 Å². The van der Waals surface area contributed by atoms with E-state index in [1.54, 1.807) is 12.1 Å². The summed E-state index contributed by atoms with van der Waals surface area (Å²) in [6.07, 6.45) is 12.0. The van der Waals surface area contributed by atoms with Crippen molar-refractivity contribution in [1.29, 1.82) is 0 Å². The van der Waals surface area contributed by atoms with Gasteiger partial charge in [0, 0.05) is 0 Å². The van der Waals surface area contributed by atoms with Crippen LogP contribution in [-0.2, 0) is 4.74 Å². The summed E-state index contributed by atoms with van der Waals surface area (Å²) in [6, 6.07) is 6.29. The molecule has 164 valence electrons. The Hall–Kier alpha value is -1.84. The van der Waals surface area contributed by atoms with Crippen molar-refractivity contribution in [2.75, 3.05) is 0 Å². The molecule has 0 aliphatic carbocycles. The molecule has 0 amide bonds. The first-order chi connectivity index (χ1) is 13.7. The molecular formula is C25H40O4. The minimum atomic E-state index is -1.10. The molecule has 0 saturated carbocycles. The third kappa shape index (κ3) is 11.1. The van der Waals surface area contributed by atoms with Gasteiger partial charge in [-0.2, -0.15) is 0 Å². The van der Waals surface area contributed by atoms with E-state index in [0.29, 0.717) is 5.41 Å². The molecule has 29 heavy (non-hydrogen) atoms. The lowest BCUT2D eigenvalue weighted by Gasteiger charge is -2.20. The minimum Gasteiger partial charge on any atom is -0.478 e. The van der Waals surface area contributed by atoms with E-state index in [1.165, 1.54) is 44.2 Å². The molecule has 0 fully saturated rings. The van der Waals surface area contributed by atoms with Crippen LogP contribution in [0.15, 0.2) is 24.3 Å². The standard InChI is InChI=1S/C25H40O4/c1-5-6-7-8-10-15-20(16-11-9-14-19-25(2,3)4)29-24(28)22-18-13-12-17-21(22)23(26)27/h12-13,17-18,20H,5-11,14-16,19H2,1-4H3,(H,26,27). The first kappa shape index (κ1) is 25.2. The Balaban J connectivity index is 2.62. The Morgan fingerprint density at radius 2 is 1.45 bits per heavy atom. The predicted octanol–water partition coefficient (Wildman–Crippen LogP) is 7.27. The fourth-order valence-corrected chi connectivity index (χ4v) is 3.50. The molecule has 0 bridgehead atoms. The van der Waals surface area contributed by atoms with Crippen LogP contribution in [0, 0.1) is 5.41 Å². The van der Waals surface area contributed by atoms with E-state index in [4.69, 9.17) is 4.74 Å². The van der Waals surface area contributed by atoms with Crippen LogP contribution >= 0.6 is 0 Å². The molecule has 0 radical (unpaired) electrons. The summed E-state index contributed by atoms with van der Waals surface area (Å²) in [7, 11) is 0. The first-order valence-electron chi connectivity index (χ1n) is 11.3. The van der Waals surface area contributed by atoms with Crippen molar-refractivity contribution in [2.45, 2.75) is 104 Å². The van der Waals surface area contributed by atoms with Gasteiger partial charge in [-0.15, -0.1) is 0 Å². The molecular weight excluding hydrogens is 364 g/mol. The number of hydrogen-bond acceptors (Lipinski definition) is 3. The molecule has 0 aliphatic rings. The lowest BCUT2D eigenvalue weighted by atomic mass is 9.89. The Kier molecular flexibility index (Phi) is 11.6. The van der Waals surface area contributed by atoms with E-state index < -0.39 is 11.9 Å². The van der Waals surface area contributed by atoms with Crippen LogP contribution in [0.4, 0.5) is 0 Å². The number of benzene rings is 1. The summed E-state index contributed by atoms with van der Waals surface area (Å²) >= 11 is 0. The van der Waals surface area contributed by atoms with Gasteiger partial charge < -0.3 is 9.84 Å². The maximum Gasteiger partial charge on any atom is 0.339 e. The molecule has 1 N–H and O–H groups in total. The van der Waals surface area contributed by atoms with Crippen molar-refractivity contribution < 1.29 is 19.4 Å². The summed E-state index contributed by atoms with van der Waals surface area (Å²) in [5, 5.41) is 9.33. The molecule has 1 atom stereocenters. The monoisotopic (exact) mass is 404 g/mol. The van der Waals surface area contributed by atoms with Crippen molar-refractivity contribution in [3.8, 4) is 0 Å². The van der Waals surface area contributed by atoms with E-state index in [-0.39, 0.29) is 17.2 Å².